The fourth-order valence-corrected chi connectivity index (χ4v) is 2.76. The average Bonchev–Trinajstić information content (AvgIpc) is 2.40. The summed E-state index contributed by atoms with van der Waals surface area (Å²) in [7, 11) is -3.38. The molecule has 1 N–H and O–H groups in total. The van der Waals surface area contributed by atoms with E-state index in [1.165, 1.54) is 0 Å². The third kappa shape index (κ3) is 4.63. The lowest BCUT2D eigenvalue weighted by atomic mass is 10.2. The Bertz CT molecular complexity index is 627. The van der Waals surface area contributed by atoms with Crippen LogP contribution in [-0.4, -0.2) is 13.4 Å². The predicted octanol–water partition coefficient (Wildman–Crippen LogP) is 2.35. The largest absolute Gasteiger partial charge is 0.260 e. The molecule has 1 aromatic heterocycles. The van der Waals surface area contributed by atoms with Crippen molar-refractivity contribution in [1.82, 2.24) is 9.71 Å². The summed E-state index contributed by atoms with van der Waals surface area (Å²) in [5, 5.41) is 0.586. The predicted molar refractivity (Wildman–Crippen MR) is 75.2 cm³/mol. The molecule has 0 saturated heterocycles. The molecule has 0 atom stereocenters. The van der Waals surface area contributed by atoms with Crippen LogP contribution in [0.25, 0.3) is 0 Å². The highest BCUT2D eigenvalue weighted by Crippen LogP contribution is 2.11. The van der Waals surface area contributed by atoms with Gasteiger partial charge in [0.1, 0.15) is 0 Å². The molecule has 0 aliphatic carbocycles. The zero-order valence-electron chi connectivity index (χ0n) is 10.1. The highest BCUT2D eigenvalue weighted by molar-refractivity contribution is 7.88. The molecule has 0 amide bonds. The molecule has 100 valence electrons. The second-order valence-electron chi connectivity index (χ2n) is 4.03. The second-order valence-corrected chi connectivity index (χ2v) is 6.27. The minimum absolute atomic E-state index is 0.0724. The molecular weight excluding hydrogens is 284 g/mol. The van der Waals surface area contributed by atoms with E-state index in [1.54, 1.807) is 42.6 Å². The van der Waals surface area contributed by atoms with E-state index < -0.39 is 10.0 Å². The third-order valence-electron chi connectivity index (χ3n) is 2.47. The van der Waals surface area contributed by atoms with Crippen LogP contribution in [0.4, 0.5) is 0 Å². The maximum atomic E-state index is 11.9. The SMILES string of the molecule is O=S(=O)(Cc1ccc(Cl)cc1)NCc1ccccn1. The van der Waals surface area contributed by atoms with Crippen LogP contribution in [0, 0.1) is 0 Å². The van der Waals surface area contributed by atoms with Gasteiger partial charge in [-0.2, -0.15) is 0 Å². The Morgan fingerprint density at radius 2 is 1.84 bits per heavy atom. The van der Waals surface area contributed by atoms with E-state index in [1.807, 2.05) is 6.07 Å². The van der Waals surface area contributed by atoms with Crippen LogP contribution in [0.5, 0.6) is 0 Å². The summed E-state index contributed by atoms with van der Waals surface area (Å²) in [6.07, 6.45) is 1.63. The summed E-state index contributed by atoms with van der Waals surface area (Å²) in [5.41, 5.74) is 1.38. The molecule has 0 bridgehead atoms. The molecule has 1 heterocycles. The number of pyridine rings is 1. The quantitative estimate of drug-likeness (QED) is 0.921. The van der Waals surface area contributed by atoms with Crippen molar-refractivity contribution in [2.45, 2.75) is 12.3 Å². The summed E-state index contributed by atoms with van der Waals surface area (Å²) in [4.78, 5) is 4.06. The van der Waals surface area contributed by atoms with Gasteiger partial charge in [-0.25, -0.2) is 13.1 Å². The second kappa shape index (κ2) is 6.14. The summed E-state index contributed by atoms with van der Waals surface area (Å²) in [6.45, 7) is 0.191. The van der Waals surface area contributed by atoms with Crippen LogP contribution in [0.1, 0.15) is 11.3 Å². The summed E-state index contributed by atoms with van der Waals surface area (Å²) < 4.78 is 26.3. The van der Waals surface area contributed by atoms with Gasteiger partial charge >= 0.3 is 0 Å². The molecule has 2 rings (SSSR count). The summed E-state index contributed by atoms with van der Waals surface area (Å²) in [6, 6.07) is 12.1. The van der Waals surface area contributed by atoms with Crippen molar-refractivity contribution < 1.29 is 8.42 Å². The van der Waals surface area contributed by atoms with E-state index >= 15 is 0 Å². The van der Waals surface area contributed by atoms with Crippen molar-refractivity contribution in [3.8, 4) is 0 Å². The van der Waals surface area contributed by atoms with Crippen molar-refractivity contribution in [2.75, 3.05) is 0 Å². The number of hydrogen-bond acceptors (Lipinski definition) is 3. The van der Waals surface area contributed by atoms with E-state index in [0.717, 1.165) is 0 Å². The third-order valence-corrected chi connectivity index (χ3v) is 4.02. The molecular formula is C13H13ClN2O2S. The van der Waals surface area contributed by atoms with Crippen LogP contribution in [-0.2, 0) is 22.3 Å². The van der Waals surface area contributed by atoms with Gasteiger partial charge in [-0.1, -0.05) is 29.8 Å². The van der Waals surface area contributed by atoms with Gasteiger partial charge in [0.15, 0.2) is 0 Å². The van der Waals surface area contributed by atoms with Crippen molar-refractivity contribution >= 4 is 21.6 Å². The monoisotopic (exact) mass is 296 g/mol. The van der Waals surface area contributed by atoms with Crippen molar-refractivity contribution in [3.05, 3.63) is 64.9 Å². The average molecular weight is 297 g/mol. The van der Waals surface area contributed by atoms with Gasteiger partial charge in [0.2, 0.25) is 10.0 Å². The zero-order chi connectivity index (χ0) is 13.7. The molecule has 6 heteroatoms. The first-order chi connectivity index (χ1) is 9.05. The number of aromatic nitrogens is 1. The fraction of sp³-hybridized carbons (Fsp3) is 0.154. The maximum Gasteiger partial charge on any atom is 0.216 e. The summed E-state index contributed by atoms with van der Waals surface area (Å²) in [5.74, 6) is -0.0724. The van der Waals surface area contributed by atoms with Gasteiger partial charge in [-0.3, -0.25) is 4.98 Å². The lowest BCUT2D eigenvalue weighted by Gasteiger charge is -2.06. The molecule has 0 fully saturated rings. The standard InChI is InChI=1S/C13H13ClN2O2S/c14-12-6-4-11(5-7-12)10-19(17,18)16-9-13-3-1-2-8-15-13/h1-8,16H,9-10H2. The lowest BCUT2D eigenvalue weighted by Crippen LogP contribution is -2.25. The number of sulfonamides is 1. The maximum absolute atomic E-state index is 11.9. The Hall–Kier alpha value is -1.43. The van der Waals surface area contributed by atoms with Crippen LogP contribution >= 0.6 is 11.6 Å². The minimum Gasteiger partial charge on any atom is -0.260 e. The molecule has 0 radical (unpaired) electrons. The zero-order valence-corrected chi connectivity index (χ0v) is 11.7. The molecule has 4 nitrogen and oxygen atoms in total. The molecule has 0 aliphatic rings. The molecule has 1 aromatic carbocycles. The number of hydrogen-bond donors (Lipinski definition) is 1. The number of benzene rings is 1. The molecule has 0 saturated carbocycles. The van der Waals surface area contributed by atoms with Gasteiger partial charge in [-0.15, -0.1) is 0 Å². The molecule has 19 heavy (non-hydrogen) atoms. The molecule has 0 spiro atoms. The highest BCUT2D eigenvalue weighted by Gasteiger charge is 2.11. The number of nitrogens with zero attached hydrogens (tertiary/aromatic N) is 1. The molecule has 0 unspecified atom stereocenters. The van der Waals surface area contributed by atoms with E-state index in [-0.39, 0.29) is 12.3 Å². The van der Waals surface area contributed by atoms with E-state index in [4.69, 9.17) is 11.6 Å². The number of rotatable bonds is 5. The first kappa shape index (κ1) is 14.0. The van der Waals surface area contributed by atoms with Crippen LogP contribution < -0.4 is 4.72 Å². The van der Waals surface area contributed by atoms with Gasteiger partial charge < -0.3 is 0 Å². The van der Waals surface area contributed by atoms with Crippen LogP contribution in [0.3, 0.4) is 0 Å². The molecule has 2 aromatic rings. The number of nitrogens with one attached hydrogen (secondary N) is 1. The van der Waals surface area contributed by atoms with E-state index in [2.05, 4.69) is 9.71 Å². The topological polar surface area (TPSA) is 59.1 Å². The number of halogens is 1. The first-order valence-corrected chi connectivity index (χ1v) is 7.70. The Kier molecular flexibility index (Phi) is 4.52. The van der Waals surface area contributed by atoms with Crippen LogP contribution in [0.2, 0.25) is 5.02 Å². The van der Waals surface area contributed by atoms with E-state index in [9.17, 15) is 8.42 Å². The Morgan fingerprint density at radius 1 is 1.11 bits per heavy atom. The van der Waals surface area contributed by atoms with Gasteiger partial charge in [0.05, 0.1) is 18.0 Å². The van der Waals surface area contributed by atoms with Crippen molar-refractivity contribution in [3.63, 3.8) is 0 Å². The van der Waals surface area contributed by atoms with Gasteiger partial charge in [0, 0.05) is 11.2 Å². The highest BCUT2D eigenvalue weighted by atomic mass is 35.5. The first-order valence-electron chi connectivity index (χ1n) is 5.67. The Labute approximate surface area is 117 Å². The fourth-order valence-electron chi connectivity index (χ4n) is 1.54. The van der Waals surface area contributed by atoms with Gasteiger partial charge in [-0.05, 0) is 29.8 Å². The van der Waals surface area contributed by atoms with Crippen LogP contribution in [0.15, 0.2) is 48.7 Å². The van der Waals surface area contributed by atoms with E-state index in [0.29, 0.717) is 16.3 Å². The smallest absolute Gasteiger partial charge is 0.216 e. The normalized spacial score (nSPS) is 11.4. The molecule has 0 aliphatic heterocycles. The minimum atomic E-state index is -3.38. The lowest BCUT2D eigenvalue weighted by molar-refractivity contribution is 0.579. The Morgan fingerprint density at radius 3 is 2.47 bits per heavy atom. The van der Waals surface area contributed by atoms with Crippen molar-refractivity contribution in [2.24, 2.45) is 0 Å². The van der Waals surface area contributed by atoms with Crippen molar-refractivity contribution in [1.29, 1.82) is 0 Å². The summed E-state index contributed by atoms with van der Waals surface area (Å²) >= 11 is 5.75. The van der Waals surface area contributed by atoms with Gasteiger partial charge in [0.25, 0.3) is 0 Å². The Balaban J connectivity index is 1.97.